The molecule has 0 aliphatic heterocycles. The van der Waals surface area contributed by atoms with Crippen molar-refractivity contribution in [3.8, 4) is 6.07 Å². The minimum absolute atomic E-state index is 0.587. The highest BCUT2D eigenvalue weighted by Gasteiger charge is 2.10. The summed E-state index contributed by atoms with van der Waals surface area (Å²) in [7, 11) is 0. The van der Waals surface area contributed by atoms with E-state index >= 15 is 0 Å². The first kappa shape index (κ1) is 11.5. The lowest BCUT2D eigenvalue weighted by molar-refractivity contribution is 1.06. The van der Waals surface area contributed by atoms with Gasteiger partial charge in [0.2, 0.25) is 0 Å². The van der Waals surface area contributed by atoms with Crippen LogP contribution in [0.2, 0.25) is 0 Å². The van der Waals surface area contributed by atoms with Gasteiger partial charge in [0, 0.05) is 0 Å². The van der Waals surface area contributed by atoms with Gasteiger partial charge in [0.25, 0.3) is 0 Å². The summed E-state index contributed by atoms with van der Waals surface area (Å²) in [5.74, 6) is 0. The summed E-state index contributed by atoms with van der Waals surface area (Å²) in [5, 5.41) is 8.95. The van der Waals surface area contributed by atoms with Crippen LogP contribution in [-0.4, -0.2) is 0 Å². The molecule has 0 aliphatic carbocycles. The molecule has 0 bridgehead atoms. The molecule has 1 nitrogen and oxygen atoms in total. The predicted molar refractivity (Wildman–Crippen MR) is 64.6 cm³/mol. The lowest BCUT2D eigenvalue weighted by Crippen LogP contribution is -1.98. The third-order valence-corrected chi connectivity index (χ3v) is 2.64. The van der Waals surface area contributed by atoms with Crippen LogP contribution in [0.15, 0.2) is 18.7 Å². The van der Waals surface area contributed by atoms with Gasteiger partial charge < -0.3 is 0 Å². The standard InChI is InChI=1S/C14H17N/c1-5-12-7-10(3)8-13(6-2)14(12)11(4)9-15/h7-8H,4-6H2,1-3H3. The average Bonchev–Trinajstić information content (AvgIpc) is 2.26. The molecule has 0 radical (unpaired) electrons. The molecule has 0 unspecified atom stereocenters. The van der Waals surface area contributed by atoms with Crippen molar-refractivity contribution in [1.82, 2.24) is 0 Å². The van der Waals surface area contributed by atoms with Crippen molar-refractivity contribution in [3.05, 3.63) is 41.0 Å². The molecule has 0 aromatic heterocycles. The van der Waals surface area contributed by atoms with Gasteiger partial charge in [-0.05, 0) is 36.5 Å². The molecule has 0 amide bonds. The van der Waals surface area contributed by atoms with E-state index < -0.39 is 0 Å². The molecule has 15 heavy (non-hydrogen) atoms. The molecule has 1 heteroatoms. The fourth-order valence-electron chi connectivity index (χ4n) is 1.94. The maximum Gasteiger partial charge on any atom is 0.0991 e. The van der Waals surface area contributed by atoms with Crippen molar-refractivity contribution in [2.45, 2.75) is 33.6 Å². The van der Waals surface area contributed by atoms with Crippen molar-refractivity contribution in [1.29, 1.82) is 5.26 Å². The molecule has 0 saturated heterocycles. The average molecular weight is 199 g/mol. The van der Waals surface area contributed by atoms with Gasteiger partial charge in [-0.15, -0.1) is 0 Å². The van der Waals surface area contributed by atoms with E-state index in [1.807, 2.05) is 0 Å². The summed E-state index contributed by atoms with van der Waals surface area (Å²) < 4.78 is 0. The molecule has 78 valence electrons. The summed E-state index contributed by atoms with van der Waals surface area (Å²) in [6.07, 6.45) is 1.90. The number of rotatable bonds is 3. The maximum absolute atomic E-state index is 8.95. The monoisotopic (exact) mass is 199 g/mol. The third kappa shape index (κ3) is 2.27. The van der Waals surface area contributed by atoms with Gasteiger partial charge in [-0.2, -0.15) is 5.26 Å². The van der Waals surface area contributed by atoms with E-state index in [2.05, 4.69) is 45.6 Å². The molecule has 0 N–H and O–H groups in total. The number of hydrogen-bond donors (Lipinski definition) is 0. The van der Waals surface area contributed by atoms with Crippen molar-refractivity contribution in [3.63, 3.8) is 0 Å². The molecule has 1 rings (SSSR count). The molecule has 1 aromatic carbocycles. The van der Waals surface area contributed by atoms with Crippen molar-refractivity contribution >= 4 is 5.57 Å². The van der Waals surface area contributed by atoms with E-state index in [-0.39, 0.29) is 0 Å². The smallest absolute Gasteiger partial charge is 0.0991 e. The van der Waals surface area contributed by atoms with Crippen molar-refractivity contribution in [2.24, 2.45) is 0 Å². The highest BCUT2D eigenvalue weighted by atomic mass is 14.3. The number of hydrogen-bond acceptors (Lipinski definition) is 1. The van der Waals surface area contributed by atoms with Crippen LogP contribution in [0, 0.1) is 18.3 Å². The largest absolute Gasteiger partial charge is 0.192 e. The third-order valence-electron chi connectivity index (χ3n) is 2.64. The SMILES string of the molecule is C=C(C#N)c1c(CC)cc(C)cc1CC. The molecule has 0 fully saturated rings. The van der Waals surface area contributed by atoms with Gasteiger partial charge in [-0.1, -0.05) is 38.1 Å². The normalized spacial score (nSPS) is 9.73. The lowest BCUT2D eigenvalue weighted by atomic mass is 9.91. The summed E-state index contributed by atoms with van der Waals surface area (Å²) in [6.45, 7) is 10.2. The second-order valence-corrected chi connectivity index (χ2v) is 3.76. The molecule has 0 spiro atoms. The van der Waals surface area contributed by atoms with Crippen LogP contribution in [0.25, 0.3) is 5.57 Å². The van der Waals surface area contributed by atoms with E-state index in [1.54, 1.807) is 0 Å². The zero-order chi connectivity index (χ0) is 11.4. The van der Waals surface area contributed by atoms with Gasteiger partial charge in [0.15, 0.2) is 0 Å². The van der Waals surface area contributed by atoms with Crippen molar-refractivity contribution in [2.75, 3.05) is 0 Å². The first-order valence-corrected chi connectivity index (χ1v) is 5.35. The van der Waals surface area contributed by atoms with Gasteiger partial charge in [-0.25, -0.2) is 0 Å². The second kappa shape index (κ2) is 4.79. The first-order valence-electron chi connectivity index (χ1n) is 5.35. The number of nitriles is 1. The van der Waals surface area contributed by atoms with Crippen LogP contribution >= 0.6 is 0 Å². The molecular formula is C14H17N. The van der Waals surface area contributed by atoms with Crippen LogP contribution in [0.1, 0.15) is 36.1 Å². The number of allylic oxidation sites excluding steroid dienone is 1. The van der Waals surface area contributed by atoms with Gasteiger partial charge in [0.05, 0.1) is 11.6 Å². The fourth-order valence-corrected chi connectivity index (χ4v) is 1.94. The minimum Gasteiger partial charge on any atom is -0.192 e. The Labute approximate surface area is 92.1 Å². The highest BCUT2D eigenvalue weighted by Crippen LogP contribution is 2.25. The summed E-state index contributed by atoms with van der Waals surface area (Å²) in [4.78, 5) is 0. The van der Waals surface area contributed by atoms with E-state index in [0.717, 1.165) is 18.4 Å². The van der Waals surface area contributed by atoms with Crippen LogP contribution in [0.5, 0.6) is 0 Å². The molecule has 0 saturated carbocycles. The Bertz CT molecular complexity index is 396. The van der Waals surface area contributed by atoms with E-state index in [9.17, 15) is 0 Å². The van der Waals surface area contributed by atoms with Crippen LogP contribution in [0.4, 0.5) is 0 Å². The van der Waals surface area contributed by atoms with E-state index in [4.69, 9.17) is 5.26 Å². The summed E-state index contributed by atoms with van der Waals surface area (Å²) in [5.41, 5.74) is 5.38. The Morgan fingerprint density at radius 3 is 2.07 bits per heavy atom. The zero-order valence-corrected chi connectivity index (χ0v) is 9.72. The summed E-state index contributed by atoms with van der Waals surface area (Å²) in [6, 6.07) is 6.46. The molecule has 0 atom stereocenters. The Morgan fingerprint density at radius 2 is 1.73 bits per heavy atom. The number of benzene rings is 1. The topological polar surface area (TPSA) is 23.8 Å². The Hall–Kier alpha value is -1.55. The Kier molecular flexibility index (Phi) is 3.68. The second-order valence-electron chi connectivity index (χ2n) is 3.76. The molecule has 0 aliphatic rings. The quantitative estimate of drug-likeness (QED) is 0.681. The number of nitrogens with zero attached hydrogens (tertiary/aromatic N) is 1. The van der Waals surface area contributed by atoms with Crippen LogP contribution < -0.4 is 0 Å². The van der Waals surface area contributed by atoms with Gasteiger partial charge >= 0.3 is 0 Å². The minimum atomic E-state index is 0.587. The number of aryl methyl sites for hydroxylation is 3. The van der Waals surface area contributed by atoms with E-state index in [0.29, 0.717) is 5.57 Å². The fraction of sp³-hybridized carbons (Fsp3) is 0.357. The van der Waals surface area contributed by atoms with Crippen LogP contribution in [-0.2, 0) is 12.8 Å². The van der Waals surface area contributed by atoms with Crippen LogP contribution in [0.3, 0.4) is 0 Å². The van der Waals surface area contributed by atoms with Crippen molar-refractivity contribution < 1.29 is 0 Å². The van der Waals surface area contributed by atoms with Gasteiger partial charge in [0.1, 0.15) is 0 Å². The predicted octanol–water partition coefficient (Wildman–Crippen LogP) is 3.66. The molecule has 1 aromatic rings. The Morgan fingerprint density at radius 1 is 1.27 bits per heavy atom. The van der Waals surface area contributed by atoms with Gasteiger partial charge in [-0.3, -0.25) is 0 Å². The molecular weight excluding hydrogens is 182 g/mol. The summed E-state index contributed by atoms with van der Waals surface area (Å²) >= 11 is 0. The Balaban J connectivity index is 3.45. The highest BCUT2D eigenvalue weighted by molar-refractivity contribution is 5.79. The van der Waals surface area contributed by atoms with E-state index in [1.165, 1.54) is 16.7 Å². The first-order chi connectivity index (χ1) is 7.13. The molecule has 0 heterocycles. The zero-order valence-electron chi connectivity index (χ0n) is 9.72. The maximum atomic E-state index is 8.95. The lowest BCUT2D eigenvalue weighted by Gasteiger charge is -2.13.